The van der Waals surface area contributed by atoms with Gasteiger partial charge in [-0.25, -0.2) is 5.43 Å². The van der Waals surface area contributed by atoms with E-state index in [-0.39, 0.29) is 10.8 Å². The highest BCUT2D eigenvalue weighted by Gasteiger charge is 2.13. The SMILES string of the molecule is COc1ccc(/C=N\NC(=O)c2n[nH]nc2Cl)cc1. The Bertz CT molecular complexity index is 593. The van der Waals surface area contributed by atoms with Gasteiger partial charge in [-0.1, -0.05) is 11.6 Å². The van der Waals surface area contributed by atoms with Crippen LogP contribution in [0.25, 0.3) is 0 Å². The van der Waals surface area contributed by atoms with Crippen LogP contribution in [-0.2, 0) is 0 Å². The Morgan fingerprint density at radius 3 is 2.74 bits per heavy atom. The predicted octanol–water partition coefficient (Wildman–Crippen LogP) is 1.23. The molecule has 0 aliphatic rings. The first kappa shape index (κ1) is 13.0. The minimum atomic E-state index is -0.538. The molecule has 0 fully saturated rings. The number of hydrogen-bond donors (Lipinski definition) is 2. The van der Waals surface area contributed by atoms with Gasteiger partial charge in [-0.2, -0.15) is 10.3 Å². The summed E-state index contributed by atoms with van der Waals surface area (Å²) in [6.45, 7) is 0. The number of benzene rings is 1. The van der Waals surface area contributed by atoms with Crippen molar-refractivity contribution in [3.8, 4) is 5.75 Å². The molecule has 0 saturated carbocycles. The van der Waals surface area contributed by atoms with Gasteiger partial charge in [0.15, 0.2) is 10.8 Å². The zero-order chi connectivity index (χ0) is 13.7. The van der Waals surface area contributed by atoms with Crippen molar-refractivity contribution in [1.82, 2.24) is 20.8 Å². The van der Waals surface area contributed by atoms with Crippen LogP contribution in [0.2, 0.25) is 5.15 Å². The molecule has 1 amide bonds. The van der Waals surface area contributed by atoms with E-state index in [1.54, 1.807) is 31.4 Å². The van der Waals surface area contributed by atoms with Gasteiger partial charge in [0.2, 0.25) is 0 Å². The van der Waals surface area contributed by atoms with Crippen LogP contribution in [0.1, 0.15) is 16.1 Å². The number of aromatic nitrogens is 3. The zero-order valence-corrected chi connectivity index (χ0v) is 10.7. The number of carbonyl (C=O) groups excluding carboxylic acids is 1. The molecule has 0 atom stereocenters. The summed E-state index contributed by atoms with van der Waals surface area (Å²) < 4.78 is 5.03. The van der Waals surface area contributed by atoms with Crippen LogP contribution < -0.4 is 10.2 Å². The van der Waals surface area contributed by atoms with Crippen molar-refractivity contribution in [2.45, 2.75) is 0 Å². The van der Waals surface area contributed by atoms with E-state index >= 15 is 0 Å². The molecular weight excluding hydrogens is 270 g/mol. The number of nitrogens with zero attached hydrogens (tertiary/aromatic N) is 3. The highest BCUT2D eigenvalue weighted by Crippen LogP contribution is 2.10. The van der Waals surface area contributed by atoms with Gasteiger partial charge in [0.1, 0.15) is 5.75 Å². The van der Waals surface area contributed by atoms with E-state index in [1.165, 1.54) is 6.21 Å². The van der Waals surface area contributed by atoms with Crippen molar-refractivity contribution in [1.29, 1.82) is 0 Å². The van der Waals surface area contributed by atoms with Crippen LogP contribution in [0.4, 0.5) is 0 Å². The van der Waals surface area contributed by atoms with Gasteiger partial charge in [-0.15, -0.1) is 10.2 Å². The first-order valence-corrected chi connectivity index (χ1v) is 5.62. The maximum atomic E-state index is 11.6. The standard InChI is InChI=1S/C11H10ClN5O2/c1-19-8-4-2-7(3-5-8)6-13-16-11(18)9-10(12)15-17-14-9/h2-6H,1H3,(H,16,18)(H,14,15,17)/b13-6-. The molecular formula is C11H10ClN5O2. The molecule has 0 aliphatic carbocycles. The van der Waals surface area contributed by atoms with Crippen molar-refractivity contribution in [3.05, 3.63) is 40.7 Å². The number of rotatable bonds is 4. The van der Waals surface area contributed by atoms with Crippen molar-refractivity contribution in [3.63, 3.8) is 0 Å². The lowest BCUT2D eigenvalue weighted by Crippen LogP contribution is -2.18. The molecule has 2 aromatic rings. The molecule has 0 unspecified atom stereocenters. The predicted molar refractivity (Wildman–Crippen MR) is 69.4 cm³/mol. The minimum absolute atomic E-state index is 0.00264. The molecule has 2 N–H and O–H groups in total. The van der Waals surface area contributed by atoms with Gasteiger partial charge in [-0.05, 0) is 29.8 Å². The Kier molecular flexibility index (Phi) is 4.09. The van der Waals surface area contributed by atoms with Crippen molar-refractivity contribution >= 4 is 23.7 Å². The molecule has 0 saturated heterocycles. The van der Waals surface area contributed by atoms with Gasteiger partial charge < -0.3 is 4.74 Å². The zero-order valence-electron chi connectivity index (χ0n) is 9.92. The fourth-order valence-corrected chi connectivity index (χ4v) is 1.44. The summed E-state index contributed by atoms with van der Waals surface area (Å²) >= 11 is 5.63. The number of amides is 1. The van der Waals surface area contributed by atoms with Crippen LogP contribution in [0, 0.1) is 0 Å². The van der Waals surface area contributed by atoms with E-state index in [4.69, 9.17) is 16.3 Å². The molecule has 0 bridgehead atoms. The normalized spacial score (nSPS) is 10.6. The smallest absolute Gasteiger partial charge is 0.295 e. The van der Waals surface area contributed by atoms with Crippen LogP contribution in [0.3, 0.4) is 0 Å². The third-order valence-electron chi connectivity index (χ3n) is 2.22. The molecule has 1 aromatic carbocycles. The molecule has 1 aromatic heterocycles. The number of methoxy groups -OCH3 is 1. The van der Waals surface area contributed by atoms with Gasteiger partial charge >= 0.3 is 0 Å². The second-order valence-corrected chi connectivity index (χ2v) is 3.79. The molecule has 0 spiro atoms. The summed E-state index contributed by atoms with van der Waals surface area (Å²) in [4.78, 5) is 11.6. The lowest BCUT2D eigenvalue weighted by molar-refractivity contribution is 0.0950. The monoisotopic (exact) mass is 279 g/mol. The average molecular weight is 280 g/mol. The Labute approximate surface area is 113 Å². The van der Waals surface area contributed by atoms with Crippen LogP contribution in [-0.4, -0.2) is 34.6 Å². The molecule has 19 heavy (non-hydrogen) atoms. The number of halogens is 1. The molecule has 7 nitrogen and oxygen atoms in total. The minimum Gasteiger partial charge on any atom is -0.497 e. The van der Waals surface area contributed by atoms with Crippen LogP contribution >= 0.6 is 11.6 Å². The van der Waals surface area contributed by atoms with E-state index in [0.29, 0.717) is 0 Å². The summed E-state index contributed by atoms with van der Waals surface area (Å²) in [5, 5.41) is 13.1. The molecule has 1 heterocycles. The van der Waals surface area contributed by atoms with Gasteiger partial charge in [0, 0.05) is 0 Å². The number of hydrogen-bond acceptors (Lipinski definition) is 5. The summed E-state index contributed by atoms with van der Waals surface area (Å²) in [7, 11) is 1.59. The van der Waals surface area contributed by atoms with E-state index in [0.717, 1.165) is 11.3 Å². The van der Waals surface area contributed by atoms with E-state index in [1.807, 2.05) is 0 Å². The average Bonchev–Trinajstić information content (AvgIpc) is 2.86. The second-order valence-electron chi connectivity index (χ2n) is 3.44. The van der Waals surface area contributed by atoms with Crippen molar-refractivity contribution < 1.29 is 9.53 Å². The van der Waals surface area contributed by atoms with Crippen molar-refractivity contribution in [2.24, 2.45) is 5.10 Å². The van der Waals surface area contributed by atoms with Gasteiger partial charge in [0.05, 0.1) is 13.3 Å². The van der Waals surface area contributed by atoms with Crippen molar-refractivity contribution in [2.75, 3.05) is 7.11 Å². The third-order valence-corrected chi connectivity index (χ3v) is 2.48. The Balaban J connectivity index is 1.96. The molecule has 8 heteroatoms. The van der Waals surface area contributed by atoms with Crippen LogP contribution in [0.15, 0.2) is 29.4 Å². The topological polar surface area (TPSA) is 92.3 Å². The number of hydrazone groups is 1. The first-order valence-electron chi connectivity index (χ1n) is 5.24. The lowest BCUT2D eigenvalue weighted by atomic mass is 10.2. The molecule has 2 rings (SSSR count). The van der Waals surface area contributed by atoms with Crippen LogP contribution in [0.5, 0.6) is 5.75 Å². The maximum Gasteiger partial charge on any atom is 0.295 e. The number of nitrogens with one attached hydrogen (secondary N) is 2. The fourth-order valence-electron chi connectivity index (χ4n) is 1.27. The number of H-pyrrole nitrogens is 1. The Morgan fingerprint density at radius 1 is 1.42 bits per heavy atom. The number of carbonyl (C=O) groups is 1. The van der Waals surface area contributed by atoms with Gasteiger partial charge in [0.25, 0.3) is 5.91 Å². The second kappa shape index (κ2) is 5.96. The highest BCUT2D eigenvalue weighted by atomic mass is 35.5. The lowest BCUT2D eigenvalue weighted by Gasteiger charge is -1.99. The summed E-state index contributed by atoms with van der Waals surface area (Å²) in [5.41, 5.74) is 3.10. The molecule has 0 aliphatic heterocycles. The maximum absolute atomic E-state index is 11.6. The van der Waals surface area contributed by atoms with E-state index in [2.05, 4.69) is 25.9 Å². The Morgan fingerprint density at radius 2 is 2.16 bits per heavy atom. The third kappa shape index (κ3) is 3.29. The van der Waals surface area contributed by atoms with E-state index < -0.39 is 5.91 Å². The Hall–Kier alpha value is -2.41. The fraction of sp³-hybridized carbons (Fsp3) is 0.0909. The number of aromatic amines is 1. The summed E-state index contributed by atoms with van der Waals surface area (Å²) in [5.74, 6) is 0.207. The quantitative estimate of drug-likeness (QED) is 0.650. The largest absolute Gasteiger partial charge is 0.497 e. The molecule has 98 valence electrons. The highest BCUT2D eigenvalue weighted by molar-refractivity contribution is 6.32. The number of ether oxygens (including phenoxy) is 1. The summed E-state index contributed by atoms with van der Waals surface area (Å²) in [6.07, 6.45) is 1.49. The summed E-state index contributed by atoms with van der Waals surface area (Å²) in [6, 6.07) is 7.19. The first-order chi connectivity index (χ1) is 9.20. The van der Waals surface area contributed by atoms with E-state index in [9.17, 15) is 4.79 Å². The van der Waals surface area contributed by atoms with Gasteiger partial charge in [-0.3, -0.25) is 4.79 Å². The molecule has 0 radical (unpaired) electrons.